The van der Waals surface area contributed by atoms with Gasteiger partial charge in [0.1, 0.15) is 0 Å². The van der Waals surface area contributed by atoms with Gasteiger partial charge in [-0.05, 0) is 0 Å². The molecule has 1 fully saturated rings. The molecule has 1 saturated heterocycles. The van der Waals surface area contributed by atoms with E-state index >= 15 is 0 Å². The number of aliphatic carboxylic acids is 2. The molecule has 0 aliphatic carbocycles. The monoisotopic (exact) mass is 164 g/mol. The molecule has 1 unspecified atom stereocenters. The molecule has 1 aliphatic heterocycles. The number of carbonyl (C=O) groups is 2. The highest BCUT2D eigenvalue weighted by molar-refractivity contribution is 5.86. The van der Waals surface area contributed by atoms with Crippen molar-refractivity contribution in [2.45, 2.75) is 11.9 Å². The highest BCUT2D eigenvalue weighted by Crippen LogP contribution is 2.33. The van der Waals surface area contributed by atoms with Gasteiger partial charge in [-0.15, -0.1) is 0 Å². The fourth-order valence-electron chi connectivity index (χ4n) is 0.487. The maximum absolute atomic E-state index is 10.2. The second-order valence-corrected chi connectivity index (χ2v) is 1.88. The Labute approximate surface area is 59.7 Å². The van der Waals surface area contributed by atoms with Crippen LogP contribution in [0.2, 0.25) is 0 Å². The van der Waals surface area contributed by atoms with E-state index in [1.54, 1.807) is 0 Å². The van der Waals surface area contributed by atoms with Crippen LogP contribution in [-0.4, -0.2) is 39.1 Å². The minimum atomic E-state index is -2.40. The molecule has 0 saturated carbocycles. The normalized spacial score (nSPS) is 22.3. The van der Waals surface area contributed by atoms with Crippen LogP contribution in [0.15, 0.2) is 0 Å². The average molecular weight is 164 g/mol. The molecule has 0 amide bonds. The number of carboxylic acid groups (broad SMARTS) is 2. The minimum absolute atomic E-state index is 1.67. The van der Waals surface area contributed by atoms with E-state index in [0.29, 0.717) is 0 Å². The zero-order chi connectivity index (χ0) is 8.65. The Hall–Kier alpha value is -1.18. The van der Waals surface area contributed by atoms with Crippen LogP contribution in [0.1, 0.15) is 0 Å². The summed E-state index contributed by atoms with van der Waals surface area (Å²) < 4.78 is 0. The predicted octanol–water partition coefficient (Wildman–Crippen LogP) is -1.83. The molecule has 7 nitrogen and oxygen atoms in total. The van der Waals surface area contributed by atoms with E-state index in [0.717, 1.165) is 0 Å². The molecule has 0 bridgehead atoms. The van der Waals surface area contributed by atoms with Crippen molar-refractivity contribution in [2.75, 3.05) is 0 Å². The maximum atomic E-state index is 10.2. The van der Waals surface area contributed by atoms with Crippen molar-refractivity contribution >= 4 is 11.9 Å². The largest absolute Gasteiger partial charge is 0.479 e. The first-order chi connectivity index (χ1) is 5.00. The molecular formula is C4H4O7. The van der Waals surface area contributed by atoms with E-state index in [-0.39, 0.29) is 0 Å². The Bertz CT molecular complexity index is 204. The summed E-state index contributed by atoms with van der Waals surface area (Å²) in [5.41, 5.74) is 0. The zero-order valence-electron chi connectivity index (χ0n) is 5.05. The first kappa shape index (κ1) is 7.92. The van der Waals surface area contributed by atoms with Crippen LogP contribution in [0.4, 0.5) is 0 Å². The maximum Gasteiger partial charge on any atom is 0.373 e. The van der Waals surface area contributed by atoms with Crippen LogP contribution in [0.3, 0.4) is 0 Å². The van der Waals surface area contributed by atoms with Crippen LogP contribution < -0.4 is 0 Å². The Morgan fingerprint density at radius 3 is 1.82 bits per heavy atom. The van der Waals surface area contributed by atoms with Crippen LogP contribution >= 0.6 is 0 Å². The number of hydrogen-bond acceptors (Lipinski definition) is 5. The molecule has 0 aromatic heterocycles. The Balaban J connectivity index is 2.73. The van der Waals surface area contributed by atoms with Crippen LogP contribution in [0.25, 0.3) is 0 Å². The van der Waals surface area contributed by atoms with Crippen molar-refractivity contribution in [1.29, 1.82) is 0 Å². The lowest BCUT2D eigenvalue weighted by molar-refractivity contribution is -0.162. The molecule has 1 rings (SSSR count). The van der Waals surface area contributed by atoms with E-state index in [1.807, 2.05) is 0 Å². The molecule has 7 heteroatoms. The highest BCUT2D eigenvalue weighted by Gasteiger charge is 2.66. The molecule has 3 N–H and O–H groups in total. The third-order valence-electron chi connectivity index (χ3n) is 1.15. The van der Waals surface area contributed by atoms with Crippen molar-refractivity contribution in [3.8, 4) is 0 Å². The van der Waals surface area contributed by atoms with Gasteiger partial charge in [0.15, 0.2) is 0 Å². The molecule has 1 atom stereocenters. The summed E-state index contributed by atoms with van der Waals surface area (Å²) in [4.78, 5) is 27.9. The lowest BCUT2D eigenvalue weighted by Crippen LogP contribution is -2.42. The first-order valence-corrected chi connectivity index (χ1v) is 2.52. The van der Waals surface area contributed by atoms with Gasteiger partial charge < -0.3 is 15.3 Å². The smallest absolute Gasteiger partial charge is 0.373 e. The quantitative estimate of drug-likeness (QED) is 0.331. The van der Waals surface area contributed by atoms with Gasteiger partial charge in [-0.1, -0.05) is 0 Å². The van der Waals surface area contributed by atoms with Gasteiger partial charge in [0.05, 0.1) is 0 Å². The number of aliphatic hydroxyl groups excluding tert-OH is 1. The van der Waals surface area contributed by atoms with E-state index in [9.17, 15) is 9.59 Å². The van der Waals surface area contributed by atoms with Gasteiger partial charge in [-0.25, -0.2) is 9.59 Å². The van der Waals surface area contributed by atoms with Crippen molar-refractivity contribution < 1.29 is 34.7 Å². The Morgan fingerprint density at radius 1 is 1.27 bits per heavy atom. The Kier molecular flexibility index (Phi) is 1.55. The fraction of sp³-hybridized carbons (Fsp3) is 0.500. The van der Waals surface area contributed by atoms with Crippen molar-refractivity contribution in [3.05, 3.63) is 0 Å². The molecule has 0 aromatic carbocycles. The van der Waals surface area contributed by atoms with Gasteiger partial charge in [-0.2, -0.15) is 9.78 Å². The van der Waals surface area contributed by atoms with Crippen molar-refractivity contribution in [3.63, 3.8) is 0 Å². The lowest BCUT2D eigenvalue weighted by atomic mass is 10.2. The standard InChI is InChI=1S/C4H4O7/c5-1(2(6)7)4(3(8)9)10-11-4/h1,5H,(H,6,7)(H,8,9). The van der Waals surface area contributed by atoms with Gasteiger partial charge in [0, 0.05) is 0 Å². The molecular weight excluding hydrogens is 160 g/mol. The summed E-state index contributed by atoms with van der Waals surface area (Å²) in [7, 11) is 0. The number of aliphatic hydroxyl groups is 1. The first-order valence-electron chi connectivity index (χ1n) is 2.52. The minimum Gasteiger partial charge on any atom is -0.479 e. The van der Waals surface area contributed by atoms with Gasteiger partial charge in [-0.3, -0.25) is 0 Å². The van der Waals surface area contributed by atoms with E-state index < -0.39 is 23.8 Å². The SMILES string of the molecule is O=C(O)C(O)C1(C(=O)O)OO1. The summed E-state index contributed by atoms with van der Waals surface area (Å²) in [6, 6.07) is 0. The van der Waals surface area contributed by atoms with Crippen LogP contribution in [0, 0.1) is 0 Å². The topological polar surface area (TPSA) is 120 Å². The number of hydrogen-bond donors (Lipinski definition) is 3. The summed E-state index contributed by atoms with van der Waals surface area (Å²) in [6.07, 6.45) is -2.21. The average Bonchev–Trinajstić information content (AvgIpc) is 2.65. The third-order valence-corrected chi connectivity index (χ3v) is 1.15. The predicted molar refractivity (Wildman–Crippen MR) is 26.2 cm³/mol. The van der Waals surface area contributed by atoms with Crippen molar-refractivity contribution in [1.82, 2.24) is 0 Å². The van der Waals surface area contributed by atoms with Crippen LogP contribution in [-0.2, 0) is 19.4 Å². The van der Waals surface area contributed by atoms with Crippen LogP contribution in [0.5, 0.6) is 0 Å². The fourth-order valence-corrected chi connectivity index (χ4v) is 0.487. The summed E-state index contributed by atoms with van der Waals surface area (Å²) >= 11 is 0. The number of carboxylic acids is 2. The molecule has 1 aliphatic rings. The molecule has 62 valence electrons. The molecule has 0 radical (unpaired) electrons. The third kappa shape index (κ3) is 1.04. The lowest BCUT2D eigenvalue weighted by Gasteiger charge is -2.04. The molecule has 11 heavy (non-hydrogen) atoms. The molecule has 0 spiro atoms. The number of rotatable bonds is 3. The van der Waals surface area contributed by atoms with Gasteiger partial charge >= 0.3 is 17.7 Å². The molecule has 1 heterocycles. The van der Waals surface area contributed by atoms with Gasteiger partial charge in [0.25, 0.3) is 0 Å². The van der Waals surface area contributed by atoms with Crippen molar-refractivity contribution in [2.24, 2.45) is 0 Å². The van der Waals surface area contributed by atoms with Gasteiger partial charge in [0.2, 0.25) is 6.10 Å². The van der Waals surface area contributed by atoms with E-state index in [2.05, 4.69) is 9.78 Å². The summed E-state index contributed by atoms with van der Waals surface area (Å²) in [6.45, 7) is 0. The summed E-state index contributed by atoms with van der Waals surface area (Å²) in [5, 5.41) is 25.0. The Morgan fingerprint density at radius 2 is 1.73 bits per heavy atom. The zero-order valence-corrected chi connectivity index (χ0v) is 5.05. The molecule has 0 aromatic rings. The second kappa shape index (κ2) is 2.16. The van der Waals surface area contributed by atoms with E-state index in [1.165, 1.54) is 0 Å². The second-order valence-electron chi connectivity index (χ2n) is 1.88. The van der Waals surface area contributed by atoms with E-state index in [4.69, 9.17) is 15.3 Å². The summed E-state index contributed by atoms with van der Waals surface area (Å²) in [5.74, 6) is -5.79. The highest BCUT2D eigenvalue weighted by atomic mass is 17.4.